The van der Waals surface area contributed by atoms with E-state index in [4.69, 9.17) is 16.0 Å². The zero-order chi connectivity index (χ0) is 22.4. The molecule has 0 unspecified atom stereocenters. The van der Waals surface area contributed by atoms with E-state index >= 15 is 0 Å². The van der Waals surface area contributed by atoms with Crippen LogP contribution < -0.4 is 16.6 Å². The van der Waals surface area contributed by atoms with E-state index in [0.29, 0.717) is 26.7 Å². The van der Waals surface area contributed by atoms with Crippen molar-refractivity contribution >= 4 is 50.5 Å². The van der Waals surface area contributed by atoms with E-state index in [2.05, 4.69) is 10.4 Å². The Balaban J connectivity index is 1.58. The molecular formula is C21H16ClN5O4S. The molecular weight excluding hydrogens is 454 g/mol. The van der Waals surface area contributed by atoms with Gasteiger partial charge in [-0.15, -0.1) is 16.4 Å². The third-order valence-corrected chi connectivity index (χ3v) is 6.42. The minimum absolute atomic E-state index is 0.105. The second-order valence-electron chi connectivity index (χ2n) is 7.14. The predicted octanol–water partition coefficient (Wildman–Crippen LogP) is 3.11. The van der Waals surface area contributed by atoms with Crippen LogP contribution in [0.1, 0.15) is 11.3 Å². The van der Waals surface area contributed by atoms with Crippen LogP contribution in [0.3, 0.4) is 0 Å². The Morgan fingerprint density at radius 1 is 1.22 bits per heavy atom. The van der Waals surface area contributed by atoms with Gasteiger partial charge in [0.05, 0.1) is 18.3 Å². The number of amides is 1. The Kier molecular flexibility index (Phi) is 4.95. The summed E-state index contributed by atoms with van der Waals surface area (Å²) in [5.41, 5.74) is 0.920. The number of benzene rings is 1. The molecule has 5 rings (SSSR count). The molecule has 4 heterocycles. The summed E-state index contributed by atoms with van der Waals surface area (Å²) in [5.74, 6) is 0.234. The second-order valence-corrected chi connectivity index (χ2v) is 8.47. The van der Waals surface area contributed by atoms with Crippen molar-refractivity contribution in [1.29, 1.82) is 0 Å². The quantitative estimate of drug-likeness (QED) is 0.426. The summed E-state index contributed by atoms with van der Waals surface area (Å²) in [5, 5.41) is 9.32. The Bertz CT molecular complexity index is 1590. The van der Waals surface area contributed by atoms with Crippen molar-refractivity contribution in [1.82, 2.24) is 18.7 Å². The first kappa shape index (κ1) is 20.3. The topological polar surface area (TPSA) is 104 Å². The number of hydrogen-bond donors (Lipinski definition) is 1. The van der Waals surface area contributed by atoms with Crippen LogP contribution in [0.5, 0.6) is 0 Å². The molecule has 0 aliphatic rings. The number of carbonyl (C=O) groups is 1. The van der Waals surface area contributed by atoms with E-state index < -0.39 is 11.6 Å². The van der Waals surface area contributed by atoms with Crippen LogP contribution >= 0.6 is 22.9 Å². The average Bonchev–Trinajstić information content (AvgIpc) is 3.50. The Morgan fingerprint density at radius 2 is 2.06 bits per heavy atom. The maximum atomic E-state index is 13.1. The number of furan rings is 1. The van der Waals surface area contributed by atoms with Crippen molar-refractivity contribution in [3.8, 4) is 0 Å². The van der Waals surface area contributed by atoms with Crippen LogP contribution in [-0.2, 0) is 17.9 Å². The number of thiophene rings is 1. The molecule has 1 amide bonds. The largest absolute Gasteiger partial charge is 0.467 e. The normalized spacial score (nSPS) is 11.4. The van der Waals surface area contributed by atoms with Gasteiger partial charge in [0.25, 0.3) is 5.56 Å². The summed E-state index contributed by atoms with van der Waals surface area (Å²) in [6, 6.07) is 10.3. The molecule has 0 saturated heterocycles. The number of fused-ring (bicyclic) bond motifs is 3. The maximum Gasteiger partial charge on any atom is 0.352 e. The number of nitrogens with zero attached hydrogens (tertiary/aromatic N) is 4. The first-order chi connectivity index (χ1) is 15.4. The lowest BCUT2D eigenvalue weighted by atomic mass is 10.2. The lowest BCUT2D eigenvalue weighted by molar-refractivity contribution is -0.117. The molecule has 4 aromatic heterocycles. The van der Waals surface area contributed by atoms with Gasteiger partial charge in [-0.1, -0.05) is 17.7 Å². The predicted molar refractivity (Wildman–Crippen MR) is 122 cm³/mol. The lowest BCUT2D eigenvalue weighted by Crippen LogP contribution is -2.29. The number of aromatic nitrogens is 4. The number of hydrogen-bond acceptors (Lipinski definition) is 6. The molecule has 0 saturated carbocycles. The summed E-state index contributed by atoms with van der Waals surface area (Å²) in [7, 11) is 0. The van der Waals surface area contributed by atoms with Gasteiger partial charge >= 0.3 is 5.69 Å². The highest BCUT2D eigenvalue weighted by atomic mass is 35.5. The highest BCUT2D eigenvalue weighted by molar-refractivity contribution is 7.17. The van der Waals surface area contributed by atoms with Gasteiger partial charge in [-0.2, -0.15) is 0 Å². The zero-order valence-corrected chi connectivity index (χ0v) is 18.3. The van der Waals surface area contributed by atoms with Crippen molar-refractivity contribution in [3.05, 3.63) is 85.2 Å². The molecule has 0 aliphatic carbocycles. The van der Waals surface area contributed by atoms with Gasteiger partial charge in [0.2, 0.25) is 11.7 Å². The van der Waals surface area contributed by atoms with Gasteiger partial charge in [-0.05, 0) is 48.2 Å². The van der Waals surface area contributed by atoms with Crippen LogP contribution in [0.4, 0.5) is 5.69 Å². The molecule has 0 bridgehead atoms. The number of rotatable bonds is 5. The van der Waals surface area contributed by atoms with Gasteiger partial charge in [-0.25, -0.2) is 13.9 Å². The molecule has 1 aromatic carbocycles. The van der Waals surface area contributed by atoms with Crippen molar-refractivity contribution in [2.75, 3.05) is 5.32 Å². The molecule has 11 heteroatoms. The summed E-state index contributed by atoms with van der Waals surface area (Å²) in [6.07, 6.45) is 1.51. The fourth-order valence-electron chi connectivity index (χ4n) is 3.51. The van der Waals surface area contributed by atoms with Crippen LogP contribution in [0.25, 0.3) is 16.0 Å². The zero-order valence-electron chi connectivity index (χ0n) is 16.7. The van der Waals surface area contributed by atoms with Gasteiger partial charge in [-0.3, -0.25) is 14.2 Å². The summed E-state index contributed by atoms with van der Waals surface area (Å²) >= 11 is 7.35. The van der Waals surface area contributed by atoms with Gasteiger partial charge < -0.3 is 9.73 Å². The van der Waals surface area contributed by atoms with Gasteiger partial charge in [0, 0.05) is 10.7 Å². The molecule has 9 nitrogen and oxygen atoms in total. The standard InChI is InChI=1S/C21H16ClN5O4S/c1-12-14(22)5-2-6-15(12)23-17(28)11-26-21(30)27-16-7-9-32-18(16)19(29)25(20(27)24-26)10-13-4-3-8-31-13/h2-9H,10-11H2,1H3,(H,23,28). The summed E-state index contributed by atoms with van der Waals surface area (Å²) in [6.45, 7) is 1.57. The van der Waals surface area contributed by atoms with Crippen LogP contribution in [0, 0.1) is 6.92 Å². The summed E-state index contributed by atoms with van der Waals surface area (Å²) in [4.78, 5) is 38.9. The Morgan fingerprint density at radius 3 is 2.84 bits per heavy atom. The highest BCUT2D eigenvalue weighted by Gasteiger charge is 2.20. The van der Waals surface area contributed by atoms with E-state index in [1.54, 1.807) is 48.7 Å². The number of halogens is 1. The van der Waals surface area contributed by atoms with Crippen molar-refractivity contribution in [3.63, 3.8) is 0 Å². The smallest absolute Gasteiger partial charge is 0.352 e. The minimum atomic E-state index is -0.519. The molecule has 162 valence electrons. The minimum Gasteiger partial charge on any atom is -0.467 e. The fourth-order valence-corrected chi connectivity index (χ4v) is 4.51. The molecule has 0 spiro atoms. The van der Waals surface area contributed by atoms with E-state index in [1.165, 1.54) is 26.6 Å². The van der Waals surface area contributed by atoms with E-state index in [0.717, 1.165) is 10.2 Å². The van der Waals surface area contributed by atoms with E-state index in [1.807, 2.05) is 0 Å². The first-order valence-electron chi connectivity index (χ1n) is 9.61. The molecule has 1 N–H and O–H groups in total. The molecule has 32 heavy (non-hydrogen) atoms. The maximum absolute atomic E-state index is 13.1. The highest BCUT2D eigenvalue weighted by Crippen LogP contribution is 2.23. The van der Waals surface area contributed by atoms with Crippen molar-refractivity contribution in [2.45, 2.75) is 20.0 Å². The van der Waals surface area contributed by atoms with Crippen LogP contribution in [0.2, 0.25) is 5.02 Å². The molecule has 0 atom stereocenters. The SMILES string of the molecule is Cc1c(Cl)cccc1NC(=O)Cn1nc2n(Cc3ccco3)c(=O)c3sccc3n2c1=O. The molecule has 0 radical (unpaired) electrons. The molecule has 0 fully saturated rings. The van der Waals surface area contributed by atoms with Crippen molar-refractivity contribution in [2.24, 2.45) is 0 Å². The van der Waals surface area contributed by atoms with E-state index in [-0.39, 0.29) is 24.4 Å². The second kappa shape index (κ2) is 7.81. The van der Waals surface area contributed by atoms with E-state index in [9.17, 15) is 14.4 Å². The lowest BCUT2D eigenvalue weighted by Gasteiger charge is -2.09. The van der Waals surface area contributed by atoms with Gasteiger partial charge in [0.15, 0.2) is 0 Å². The third-order valence-electron chi connectivity index (χ3n) is 5.12. The number of anilines is 1. The molecule has 5 aromatic rings. The third kappa shape index (κ3) is 3.33. The average molecular weight is 470 g/mol. The van der Waals surface area contributed by atoms with Gasteiger partial charge in [0.1, 0.15) is 17.0 Å². The van der Waals surface area contributed by atoms with Crippen LogP contribution in [0.15, 0.2) is 62.0 Å². The first-order valence-corrected chi connectivity index (χ1v) is 10.9. The number of nitrogens with one attached hydrogen (secondary N) is 1. The van der Waals surface area contributed by atoms with Crippen molar-refractivity contribution < 1.29 is 9.21 Å². The fraction of sp³-hybridized carbons (Fsp3) is 0.143. The Labute approximate surface area is 189 Å². The Hall–Kier alpha value is -3.63. The number of carbonyl (C=O) groups excluding carboxylic acids is 1. The molecule has 0 aliphatic heterocycles. The monoisotopic (exact) mass is 469 g/mol. The summed E-state index contributed by atoms with van der Waals surface area (Å²) < 4.78 is 9.54. The van der Waals surface area contributed by atoms with Crippen LogP contribution in [-0.4, -0.2) is 24.7 Å².